The van der Waals surface area contributed by atoms with E-state index in [-0.39, 0.29) is 5.91 Å². The average molecular weight is 230 g/mol. The van der Waals surface area contributed by atoms with E-state index in [1.807, 2.05) is 0 Å². The third-order valence-corrected chi connectivity index (χ3v) is 3.90. The lowest BCUT2D eigenvalue weighted by Crippen LogP contribution is -2.43. The zero-order valence-corrected chi connectivity index (χ0v) is 10.2. The number of anilines is 2. The molecule has 0 atom stereocenters. The summed E-state index contributed by atoms with van der Waals surface area (Å²) in [6.07, 6.45) is 5.04. The summed E-state index contributed by atoms with van der Waals surface area (Å²) in [6.45, 7) is 2.57. The molecular formula is C14H18N2O. The first-order valence-corrected chi connectivity index (χ1v) is 6.42. The van der Waals surface area contributed by atoms with Gasteiger partial charge in [0, 0.05) is 6.04 Å². The number of para-hydroxylation sites is 1. The fourth-order valence-corrected chi connectivity index (χ4v) is 3.01. The molecule has 17 heavy (non-hydrogen) atoms. The van der Waals surface area contributed by atoms with Crippen molar-refractivity contribution >= 4 is 17.3 Å². The summed E-state index contributed by atoms with van der Waals surface area (Å²) in [6, 6.07) is 6.81. The van der Waals surface area contributed by atoms with Gasteiger partial charge in [-0.05, 0) is 31.4 Å². The van der Waals surface area contributed by atoms with Crippen molar-refractivity contribution in [1.82, 2.24) is 0 Å². The maximum absolute atomic E-state index is 11.8. The van der Waals surface area contributed by atoms with Gasteiger partial charge >= 0.3 is 0 Å². The number of hydrogen-bond donors (Lipinski definition) is 1. The lowest BCUT2D eigenvalue weighted by atomic mass is 10.1. The SMILES string of the molecule is Cc1cccc2c1NC(=O)CN2C1CCCC1. The van der Waals surface area contributed by atoms with Crippen LogP contribution in [-0.4, -0.2) is 18.5 Å². The molecule has 1 aromatic carbocycles. The van der Waals surface area contributed by atoms with Gasteiger partial charge in [0.05, 0.1) is 17.9 Å². The molecule has 3 heteroatoms. The highest BCUT2D eigenvalue weighted by atomic mass is 16.2. The van der Waals surface area contributed by atoms with Crippen LogP contribution in [0.5, 0.6) is 0 Å². The van der Waals surface area contributed by atoms with Crippen molar-refractivity contribution in [2.24, 2.45) is 0 Å². The van der Waals surface area contributed by atoms with E-state index in [1.54, 1.807) is 0 Å². The summed E-state index contributed by atoms with van der Waals surface area (Å²) in [5.74, 6) is 0.124. The van der Waals surface area contributed by atoms with Gasteiger partial charge in [-0.25, -0.2) is 0 Å². The van der Waals surface area contributed by atoms with E-state index >= 15 is 0 Å². The Hall–Kier alpha value is -1.51. The number of fused-ring (bicyclic) bond motifs is 1. The van der Waals surface area contributed by atoms with Crippen LogP contribution in [-0.2, 0) is 4.79 Å². The Labute approximate surface area is 102 Å². The van der Waals surface area contributed by atoms with Crippen LogP contribution in [0.3, 0.4) is 0 Å². The van der Waals surface area contributed by atoms with Gasteiger partial charge < -0.3 is 10.2 Å². The highest BCUT2D eigenvalue weighted by molar-refractivity contribution is 6.02. The summed E-state index contributed by atoms with van der Waals surface area (Å²) in [5, 5.41) is 3.00. The molecule has 3 nitrogen and oxygen atoms in total. The molecule has 0 unspecified atom stereocenters. The van der Waals surface area contributed by atoms with E-state index in [9.17, 15) is 4.79 Å². The molecule has 1 heterocycles. The predicted molar refractivity (Wildman–Crippen MR) is 69.4 cm³/mol. The number of nitrogens with one attached hydrogen (secondary N) is 1. The predicted octanol–water partition coefficient (Wildman–Crippen LogP) is 2.70. The quantitative estimate of drug-likeness (QED) is 0.804. The minimum absolute atomic E-state index is 0.124. The molecule has 2 aliphatic rings. The molecule has 1 saturated carbocycles. The average Bonchev–Trinajstić information content (AvgIpc) is 2.83. The second kappa shape index (κ2) is 4.06. The normalized spacial score (nSPS) is 20.3. The van der Waals surface area contributed by atoms with Gasteiger partial charge in [0.2, 0.25) is 5.91 Å². The summed E-state index contributed by atoms with van der Waals surface area (Å²) in [4.78, 5) is 14.1. The summed E-state index contributed by atoms with van der Waals surface area (Å²) < 4.78 is 0. The van der Waals surface area contributed by atoms with Crippen LogP contribution in [0.4, 0.5) is 11.4 Å². The van der Waals surface area contributed by atoms with Crippen molar-refractivity contribution < 1.29 is 4.79 Å². The molecule has 0 saturated heterocycles. The van der Waals surface area contributed by atoms with Gasteiger partial charge in [0.25, 0.3) is 0 Å². The second-order valence-corrected chi connectivity index (χ2v) is 5.08. The molecule has 1 fully saturated rings. The number of rotatable bonds is 1. The molecule has 0 bridgehead atoms. The molecule has 1 aromatic rings. The Morgan fingerprint density at radius 1 is 1.29 bits per heavy atom. The molecule has 0 radical (unpaired) electrons. The minimum Gasteiger partial charge on any atom is -0.358 e. The second-order valence-electron chi connectivity index (χ2n) is 5.08. The Morgan fingerprint density at radius 2 is 2.06 bits per heavy atom. The largest absolute Gasteiger partial charge is 0.358 e. The van der Waals surface area contributed by atoms with Gasteiger partial charge in [-0.3, -0.25) is 4.79 Å². The number of nitrogens with zero attached hydrogens (tertiary/aromatic N) is 1. The highest BCUT2D eigenvalue weighted by Gasteiger charge is 2.30. The molecular weight excluding hydrogens is 212 g/mol. The number of aryl methyl sites for hydroxylation is 1. The zero-order valence-electron chi connectivity index (χ0n) is 10.2. The molecule has 3 rings (SSSR count). The standard InChI is InChI=1S/C14H18N2O/c1-10-5-4-8-12-14(10)15-13(17)9-16(12)11-6-2-3-7-11/h4-5,8,11H,2-3,6-7,9H2,1H3,(H,15,17). The molecule has 1 amide bonds. The van der Waals surface area contributed by atoms with Crippen LogP contribution in [0.15, 0.2) is 18.2 Å². The monoisotopic (exact) mass is 230 g/mol. The Balaban J connectivity index is 2.01. The molecule has 1 aliphatic carbocycles. The number of carbonyl (C=O) groups is 1. The summed E-state index contributed by atoms with van der Waals surface area (Å²) in [7, 11) is 0. The van der Waals surface area contributed by atoms with Crippen molar-refractivity contribution in [3.63, 3.8) is 0 Å². The molecule has 90 valence electrons. The van der Waals surface area contributed by atoms with Gasteiger partial charge in [0.1, 0.15) is 0 Å². The van der Waals surface area contributed by atoms with Crippen LogP contribution >= 0.6 is 0 Å². The molecule has 1 N–H and O–H groups in total. The maximum Gasteiger partial charge on any atom is 0.243 e. The minimum atomic E-state index is 0.124. The van der Waals surface area contributed by atoms with Crippen LogP contribution in [0.25, 0.3) is 0 Å². The molecule has 0 aromatic heterocycles. The van der Waals surface area contributed by atoms with E-state index in [0.717, 1.165) is 11.3 Å². The lowest BCUT2D eigenvalue weighted by Gasteiger charge is -2.36. The van der Waals surface area contributed by atoms with Gasteiger partial charge in [0.15, 0.2) is 0 Å². The smallest absolute Gasteiger partial charge is 0.243 e. The highest BCUT2D eigenvalue weighted by Crippen LogP contribution is 2.36. The Bertz CT molecular complexity index is 450. The van der Waals surface area contributed by atoms with Crippen LogP contribution < -0.4 is 10.2 Å². The van der Waals surface area contributed by atoms with Crippen molar-refractivity contribution in [1.29, 1.82) is 0 Å². The number of benzene rings is 1. The van der Waals surface area contributed by atoms with Crippen molar-refractivity contribution in [3.8, 4) is 0 Å². The first-order chi connectivity index (χ1) is 8.25. The third kappa shape index (κ3) is 1.79. The first kappa shape index (κ1) is 10.6. The summed E-state index contributed by atoms with van der Waals surface area (Å²) in [5.41, 5.74) is 3.37. The van der Waals surface area contributed by atoms with Crippen LogP contribution in [0, 0.1) is 6.92 Å². The van der Waals surface area contributed by atoms with Crippen molar-refractivity contribution in [3.05, 3.63) is 23.8 Å². The molecule has 0 spiro atoms. The van der Waals surface area contributed by atoms with E-state index in [1.165, 1.54) is 31.4 Å². The van der Waals surface area contributed by atoms with E-state index in [2.05, 4.69) is 35.3 Å². The number of carbonyl (C=O) groups excluding carboxylic acids is 1. The zero-order chi connectivity index (χ0) is 11.8. The number of amides is 1. The molecule has 1 aliphatic heterocycles. The van der Waals surface area contributed by atoms with E-state index in [4.69, 9.17) is 0 Å². The van der Waals surface area contributed by atoms with Crippen molar-refractivity contribution in [2.75, 3.05) is 16.8 Å². The fourth-order valence-electron chi connectivity index (χ4n) is 3.01. The van der Waals surface area contributed by atoms with E-state index in [0.29, 0.717) is 12.6 Å². The van der Waals surface area contributed by atoms with Gasteiger partial charge in [-0.15, -0.1) is 0 Å². The van der Waals surface area contributed by atoms with Gasteiger partial charge in [-0.2, -0.15) is 0 Å². The number of hydrogen-bond acceptors (Lipinski definition) is 2. The third-order valence-electron chi connectivity index (χ3n) is 3.90. The van der Waals surface area contributed by atoms with Crippen LogP contribution in [0.1, 0.15) is 31.2 Å². The van der Waals surface area contributed by atoms with Crippen molar-refractivity contribution in [2.45, 2.75) is 38.6 Å². The topological polar surface area (TPSA) is 32.3 Å². The fraction of sp³-hybridized carbons (Fsp3) is 0.500. The maximum atomic E-state index is 11.8. The van der Waals surface area contributed by atoms with Gasteiger partial charge in [-0.1, -0.05) is 25.0 Å². The van der Waals surface area contributed by atoms with Crippen LogP contribution in [0.2, 0.25) is 0 Å². The first-order valence-electron chi connectivity index (χ1n) is 6.42. The summed E-state index contributed by atoms with van der Waals surface area (Å²) >= 11 is 0. The lowest BCUT2D eigenvalue weighted by molar-refractivity contribution is -0.115. The van der Waals surface area contributed by atoms with E-state index < -0.39 is 0 Å². The Morgan fingerprint density at radius 3 is 2.82 bits per heavy atom. The Kier molecular flexibility index (Phi) is 2.54.